The lowest BCUT2D eigenvalue weighted by molar-refractivity contribution is 0.0455. The molecule has 0 bridgehead atoms. The molecule has 1 amide bonds. The minimum Gasteiger partial charge on any atom is -0.444 e. The Morgan fingerprint density at radius 1 is 0.929 bits per heavy atom. The highest BCUT2D eigenvalue weighted by atomic mass is 16.6. The summed E-state index contributed by atoms with van der Waals surface area (Å²) in [5.74, 6) is 0.0787. The molecule has 0 aliphatic carbocycles. The molecule has 0 radical (unpaired) electrons. The van der Waals surface area contributed by atoms with Gasteiger partial charge in [0.25, 0.3) is 0 Å². The van der Waals surface area contributed by atoms with E-state index in [4.69, 9.17) is 4.74 Å². The lowest BCUT2D eigenvalue weighted by Crippen LogP contribution is -2.45. The van der Waals surface area contributed by atoms with Crippen LogP contribution in [0.25, 0.3) is 0 Å². The maximum Gasteiger partial charge on any atom is 0.408 e. The fraction of sp³-hybridized carbons (Fsp3) is 0.417. The number of carbonyl (C=O) groups excluding carboxylic acids is 2. The van der Waals surface area contributed by atoms with Crippen molar-refractivity contribution in [2.24, 2.45) is 0 Å². The maximum absolute atomic E-state index is 12.5. The van der Waals surface area contributed by atoms with E-state index in [2.05, 4.69) is 12.2 Å². The average Bonchev–Trinajstić information content (AvgIpc) is 2.61. The molecule has 4 nitrogen and oxygen atoms in total. The van der Waals surface area contributed by atoms with E-state index in [1.807, 2.05) is 82.3 Å². The van der Waals surface area contributed by atoms with Gasteiger partial charge in [-0.3, -0.25) is 4.79 Å². The van der Waals surface area contributed by atoms with Crippen LogP contribution < -0.4 is 5.32 Å². The molecule has 1 atom stereocenters. The van der Waals surface area contributed by atoms with Crippen molar-refractivity contribution in [3.05, 3.63) is 71.3 Å². The van der Waals surface area contributed by atoms with Crippen LogP contribution in [0.15, 0.2) is 54.6 Å². The molecule has 28 heavy (non-hydrogen) atoms. The van der Waals surface area contributed by atoms with E-state index < -0.39 is 17.2 Å². The van der Waals surface area contributed by atoms with Gasteiger partial charge in [-0.05, 0) is 45.2 Å². The Kier molecular flexibility index (Phi) is 7.00. The van der Waals surface area contributed by atoms with E-state index in [9.17, 15) is 9.59 Å². The molecule has 0 heterocycles. The van der Waals surface area contributed by atoms with E-state index in [1.165, 1.54) is 0 Å². The Morgan fingerprint density at radius 2 is 1.54 bits per heavy atom. The van der Waals surface area contributed by atoms with E-state index in [1.54, 1.807) is 0 Å². The molecule has 0 spiro atoms. The van der Waals surface area contributed by atoms with Gasteiger partial charge in [-0.15, -0.1) is 0 Å². The molecule has 0 fully saturated rings. The number of hydrogen-bond acceptors (Lipinski definition) is 3. The summed E-state index contributed by atoms with van der Waals surface area (Å²) in [4.78, 5) is 24.9. The Bertz CT molecular complexity index is 791. The summed E-state index contributed by atoms with van der Waals surface area (Å²) in [6.45, 7) is 9.60. The first-order valence-corrected chi connectivity index (χ1v) is 9.82. The number of ketones is 1. The summed E-state index contributed by atoms with van der Waals surface area (Å²) in [6.07, 6.45) is 1.61. The van der Waals surface area contributed by atoms with Gasteiger partial charge in [0.15, 0.2) is 5.78 Å². The summed E-state index contributed by atoms with van der Waals surface area (Å²) in [5.41, 5.74) is 1.52. The lowest BCUT2D eigenvalue weighted by Gasteiger charge is -2.32. The molecule has 4 heteroatoms. The smallest absolute Gasteiger partial charge is 0.408 e. The van der Waals surface area contributed by atoms with E-state index >= 15 is 0 Å². The number of ether oxygens (including phenoxy) is 1. The molecule has 150 valence electrons. The Balaban J connectivity index is 2.15. The topological polar surface area (TPSA) is 55.4 Å². The van der Waals surface area contributed by atoms with Crippen LogP contribution in [0.5, 0.6) is 0 Å². The van der Waals surface area contributed by atoms with Gasteiger partial charge in [-0.1, -0.05) is 67.9 Å². The number of rotatable bonds is 7. The van der Waals surface area contributed by atoms with Crippen LogP contribution in [0.2, 0.25) is 0 Å². The summed E-state index contributed by atoms with van der Waals surface area (Å²) in [7, 11) is 0. The molecule has 2 aromatic rings. The Hall–Kier alpha value is -2.62. The minimum atomic E-state index is -0.557. The molecule has 1 unspecified atom stereocenters. The van der Waals surface area contributed by atoms with Gasteiger partial charge in [-0.25, -0.2) is 4.79 Å². The number of hydrogen-bond donors (Lipinski definition) is 1. The van der Waals surface area contributed by atoms with Crippen molar-refractivity contribution in [1.82, 2.24) is 5.32 Å². The van der Waals surface area contributed by atoms with E-state index in [-0.39, 0.29) is 5.78 Å². The van der Waals surface area contributed by atoms with Gasteiger partial charge in [0.05, 0.1) is 5.54 Å². The van der Waals surface area contributed by atoms with Crippen molar-refractivity contribution in [1.29, 1.82) is 0 Å². The summed E-state index contributed by atoms with van der Waals surface area (Å²) < 4.78 is 5.43. The first-order chi connectivity index (χ1) is 13.1. The summed E-state index contributed by atoms with van der Waals surface area (Å²) in [5, 5.41) is 3.01. The van der Waals surface area contributed by atoms with Crippen LogP contribution in [0.1, 0.15) is 68.9 Å². The van der Waals surface area contributed by atoms with Gasteiger partial charge in [0.2, 0.25) is 0 Å². The summed E-state index contributed by atoms with van der Waals surface area (Å²) >= 11 is 0. The second-order valence-corrected chi connectivity index (χ2v) is 8.37. The average molecular weight is 382 g/mol. The normalized spacial score (nSPS) is 13.5. The number of nitrogens with one attached hydrogen (secondary N) is 1. The largest absolute Gasteiger partial charge is 0.444 e. The SMILES string of the molecule is CCCC(C)(NC(=O)OC(C)(C)C)c1ccc(C(=O)Cc2ccccc2)cc1. The predicted molar refractivity (Wildman–Crippen MR) is 113 cm³/mol. The van der Waals surface area contributed by atoms with Crippen LogP contribution in [-0.2, 0) is 16.7 Å². The van der Waals surface area contributed by atoms with Crippen molar-refractivity contribution < 1.29 is 14.3 Å². The third-order valence-electron chi connectivity index (χ3n) is 4.58. The highest BCUT2D eigenvalue weighted by molar-refractivity contribution is 5.97. The standard InChI is InChI=1S/C24H31NO3/c1-6-16-24(5,25-22(27)28-23(2,3)4)20-14-12-19(13-15-20)21(26)17-18-10-8-7-9-11-18/h7-15H,6,16-17H2,1-5H3,(H,25,27). The first-order valence-electron chi connectivity index (χ1n) is 9.82. The van der Waals surface area contributed by atoms with Crippen molar-refractivity contribution in [3.63, 3.8) is 0 Å². The zero-order valence-corrected chi connectivity index (χ0v) is 17.5. The van der Waals surface area contributed by atoms with Crippen LogP contribution in [0.4, 0.5) is 4.79 Å². The maximum atomic E-state index is 12.5. The Morgan fingerprint density at radius 3 is 2.07 bits per heavy atom. The zero-order valence-electron chi connectivity index (χ0n) is 17.5. The molecule has 0 saturated carbocycles. The number of amides is 1. The van der Waals surface area contributed by atoms with E-state index in [0.29, 0.717) is 12.0 Å². The summed E-state index contributed by atoms with van der Waals surface area (Å²) in [6, 6.07) is 17.2. The molecule has 2 aromatic carbocycles. The quantitative estimate of drug-likeness (QED) is 0.630. The first kappa shape index (κ1) is 21.7. The molecule has 0 aliphatic heterocycles. The van der Waals surface area contributed by atoms with Gasteiger partial charge in [-0.2, -0.15) is 0 Å². The molecular formula is C24H31NO3. The fourth-order valence-corrected chi connectivity index (χ4v) is 3.22. The number of alkyl carbamates (subject to hydrolysis) is 1. The molecule has 2 rings (SSSR count). The monoisotopic (exact) mass is 381 g/mol. The van der Waals surface area contributed by atoms with Crippen molar-refractivity contribution in [2.75, 3.05) is 0 Å². The van der Waals surface area contributed by atoms with Crippen LogP contribution in [-0.4, -0.2) is 17.5 Å². The van der Waals surface area contributed by atoms with Crippen molar-refractivity contribution in [2.45, 2.75) is 65.0 Å². The highest BCUT2D eigenvalue weighted by Crippen LogP contribution is 2.27. The van der Waals surface area contributed by atoms with Crippen LogP contribution in [0, 0.1) is 0 Å². The third-order valence-corrected chi connectivity index (χ3v) is 4.58. The van der Waals surface area contributed by atoms with Gasteiger partial charge in [0, 0.05) is 12.0 Å². The second-order valence-electron chi connectivity index (χ2n) is 8.37. The van der Waals surface area contributed by atoms with Crippen molar-refractivity contribution >= 4 is 11.9 Å². The van der Waals surface area contributed by atoms with Gasteiger partial charge < -0.3 is 10.1 Å². The molecule has 1 N–H and O–H groups in total. The van der Waals surface area contributed by atoms with Gasteiger partial charge >= 0.3 is 6.09 Å². The zero-order chi connectivity index (χ0) is 20.8. The fourth-order valence-electron chi connectivity index (χ4n) is 3.22. The second kappa shape index (κ2) is 9.05. The molecule has 0 aromatic heterocycles. The number of benzene rings is 2. The Labute approximate surface area is 168 Å². The van der Waals surface area contributed by atoms with Gasteiger partial charge in [0.1, 0.15) is 5.60 Å². The lowest BCUT2D eigenvalue weighted by atomic mass is 9.86. The predicted octanol–water partition coefficient (Wildman–Crippen LogP) is 5.65. The van der Waals surface area contributed by atoms with Crippen LogP contribution >= 0.6 is 0 Å². The number of Topliss-reactive ketones (excluding diaryl/α,β-unsaturated/α-hetero) is 1. The third kappa shape index (κ3) is 6.22. The van der Waals surface area contributed by atoms with Crippen LogP contribution in [0.3, 0.4) is 0 Å². The van der Waals surface area contributed by atoms with Crippen molar-refractivity contribution in [3.8, 4) is 0 Å². The number of carbonyl (C=O) groups is 2. The molecular weight excluding hydrogens is 350 g/mol. The molecule has 0 saturated heterocycles. The van der Waals surface area contributed by atoms with E-state index in [0.717, 1.165) is 24.0 Å². The minimum absolute atomic E-state index is 0.0787. The molecule has 0 aliphatic rings. The highest BCUT2D eigenvalue weighted by Gasteiger charge is 2.30.